The van der Waals surface area contributed by atoms with E-state index in [0.29, 0.717) is 21.5 Å². The van der Waals surface area contributed by atoms with E-state index >= 15 is 0 Å². The van der Waals surface area contributed by atoms with Crippen LogP contribution in [-0.4, -0.2) is 20.9 Å². The van der Waals surface area contributed by atoms with Crippen LogP contribution in [0.5, 0.6) is 11.5 Å². The molecule has 1 aromatic rings. The largest absolute Gasteiger partial charge is 0.495 e. The first kappa shape index (κ1) is 15.5. The van der Waals surface area contributed by atoms with Gasteiger partial charge in [-0.1, -0.05) is 0 Å². The van der Waals surface area contributed by atoms with Crippen molar-refractivity contribution < 1.29 is 13.9 Å². The smallest absolute Gasteiger partial charge is 0.137 e. The molecule has 0 bridgehead atoms. The van der Waals surface area contributed by atoms with Crippen LogP contribution in [0.25, 0.3) is 0 Å². The van der Waals surface area contributed by atoms with E-state index in [1.807, 2.05) is 0 Å². The molecule has 3 nitrogen and oxygen atoms in total. The summed E-state index contributed by atoms with van der Waals surface area (Å²) in [5.74, 6) is 1.15. The molecule has 0 saturated heterocycles. The molecule has 0 radical (unpaired) electrons. The molecule has 92 valence electrons. The molecule has 1 rings (SSSR count). The molecule has 2 N–H and O–H groups in total. The molecule has 16 heavy (non-hydrogen) atoms. The number of methoxy groups -OCH3 is 2. The van der Waals surface area contributed by atoms with Gasteiger partial charge >= 0.3 is 0 Å². The topological polar surface area (TPSA) is 44.5 Å². The Labute approximate surface area is 109 Å². The molecule has 0 aromatic heterocycles. The van der Waals surface area contributed by atoms with Crippen molar-refractivity contribution in [3.63, 3.8) is 0 Å². The van der Waals surface area contributed by atoms with Crippen LogP contribution in [0.1, 0.15) is 11.6 Å². The lowest BCUT2D eigenvalue weighted by molar-refractivity contribution is 0.385. The summed E-state index contributed by atoms with van der Waals surface area (Å²) in [7, 11) is 3.06. The molecule has 0 aliphatic carbocycles. The van der Waals surface area contributed by atoms with Gasteiger partial charge in [-0.15, -0.1) is 12.4 Å². The number of halogens is 3. The minimum atomic E-state index is -0.652. The SMILES string of the molecule is COc1cc([C@@H](N)CF)cc(OC)c1Br.Cl. The highest BCUT2D eigenvalue weighted by Crippen LogP contribution is 2.36. The third kappa shape index (κ3) is 3.23. The Morgan fingerprint density at radius 2 is 1.75 bits per heavy atom. The fourth-order valence-electron chi connectivity index (χ4n) is 1.19. The van der Waals surface area contributed by atoms with Gasteiger partial charge in [0.25, 0.3) is 0 Å². The Balaban J connectivity index is 0.00000225. The predicted octanol–water partition coefficient (Wildman–Crippen LogP) is 2.86. The third-order valence-corrected chi connectivity index (χ3v) is 2.84. The Morgan fingerprint density at radius 1 is 1.31 bits per heavy atom. The van der Waals surface area contributed by atoms with Crippen LogP contribution in [0.3, 0.4) is 0 Å². The summed E-state index contributed by atoms with van der Waals surface area (Å²) in [5, 5.41) is 0. The van der Waals surface area contributed by atoms with Gasteiger partial charge in [-0.05, 0) is 33.6 Å². The molecule has 0 amide bonds. The van der Waals surface area contributed by atoms with E-state index in [2.05, 4.69) is 15.9 Å². The van der Waals surface area contributed by atoms with Gasteiger partial charge in [0.15, 0.2) is 0 Å². The van der Waals surface area contributed by atoms with Crippen LogP contribution >= 0.6 is 28.3 Å². The zero-order valence-electron chi connectivity index (χ0n) is 9.00. The molecule has 6 heteroatoms. The van der Waals surface area contributed by atoms with Crippen LogP contribution in [0.15, 0.2) is 16.6 Å². The lowest BCUT2D eigenvalue weighted by atomic mass is 10.1. The Morgan fingerprint density at radius 3 is 2.06 bits per heavy atom. The summed E-state index contributed by atoms with van der Waals surface area (Å²) in [6, 6.07) is 2.73. The van der Waals surface area contributed by atoms with Crippen molar-refractivity contribution in [2.75, 3.05) is 20.9 Å². The Hall–Kier alpha value is -0.520. The fraction of sp³-hybridized carbons (Fsp3) is 0.400. The summed E-state index contributed by atoms with van der Waals surface area (Å²) < 4.78 is 23.4. The molecule has 0 aliphatic rings. The minimum absolute atomic E-state index is 0. The number of alkyl halides is 1. The number of nitrogens with two attached hydrogens (primary N) is 1. The van der Waals surface area contributed by atoms with E-state index in [4.69, 9.17) is 15.2 Å². The fourth-order valence-corrected chi connectivity index (χ4v) is 1.75. The molecule has 0 saturated carbocycles. The normalized spacial score (nSPS) is 11.6. The van der Waals surface area contributed by atoms with Crippen LogP contribution in [0.2, 0.25) is 0 Å². The number of ether oxygens (including phenoxy) is 2. The van der Waals surface area contributed by atoms with Crippen molar-refractivity contribution in [1.29, 1.82) is 0 Å². The average molecular weight is 315 g/mol. The maximum Gasteiger partial charge on any atom is 0.137 e. The molecule has 0 spiro atoms. The summed E-state index contributed by atoms with van der Waals surface area (Å²) in [6.07, 6.45) is 0. The van der Waals surface area contributed by atoms with E-state index in [0.717, 1.165) is 0 Å². The van der Waals surface area contributed by atoms with Gasteiger partial charge < -0.3 is 15.2 Å². The molecule has 1 aromatic carbocycles. The summed E-state index contributed by atoms with van der Waals surface area (Å²) >= 11 is 3.32. The van der Waals surface area contributed by atoms with E-state index in [1.54, 1.807) is 12.1 Å². The van der Waals surface area contributed by atoms with Gasteiger partial charge in [0.2, 0.25) is 0 Å². The number of hydrogen-bond acceptors (Lipinski definition) is 3. The molecule has 0 unspecified atom stereocenters. The second-order valence-corrected chi connectivity index (χ2v) is 3.79. The molecular formula is C10H14BrClFNO2. The van der Waals surface area contributed by atoms with Gasteiger partial charge in [0, 0.05) is 0 Å². The first-order valence-corrected chi connectivity index (χ1v) is 5.16. The second kappa shape index (κ2) is 6.93. The summed E-state index contributed by atoms with van der Waals surface area (Å²) in [4.78, 5) is 0. The van der Waals surface area contributed by atoms with Crippen molar-refractivity contribution in [2.45, 2.75) is 6.04 Å². The van der Waals surface area contributed by atoms with Gasteiger partial charge in [0.1, 0.15) is 22.6 Å². The van der Waals surface area contributed by atoms with Crippen molar-refractivity contribution >= 4 is 28.3 Å². The second-order valence-electron chi connectivity index (χ2n) is 3.00. The van der Waals surface area contributed by atoms with Gasteiger partial charge in [-0.2, -0.15) is 0 Å². The standard InChI is InChI=1S/C10H13BrFNO2.ClH/c1-14-8-3-6(7(13)5-12)4-9(15-2)10(8)11;/h3-4,7H,5,13H2,1-2H3;1H/t7-;/m0./s1. The van der Waals surface area contributed by atoms with E-state index in [1.165, 1.54) is 14.2 Å². The van der Waals surface area contributed by atoms with Crippen LogP contribution in [-0.2, 0) is 0 Å². The number of rotatable bonds is 4. The van der Waals surface area contributed by atoms with Crippen molar-refractivity contribution in [3.05, 3.63) is 22.2 Å². The molecule has 0 fully saturated rings. The van der Waals surface area contributed by atoms with E-state index in [-0.39, 0.29) is 12.4 Å². The average Bonchev–Trinajstić information content (AvgIpc) is 2.28. The van der Waals surface area contributed by atoms with Gasteiger partial charge in [-0.25, -0.2) is 4.39 Å². The zero-order valence-corrected chi connectivity index (χ0v) is 11.4. The highest BCUT2D eigenvalue weighted by Gasteiger charge is 2.13. The lowest BCUT2D eigenvalue weighted by Crippen LogP contribution is -2.12. The predicted molar refractivity (Wildman–Crippen MR) is 67.4 cm³/mol. The first-order chi connectivity index (χ1) is 7.13. The van der Waals surface area contributed by atoms with Crippen molar-refractivity contribution in [1.82, 2.24) is 0 Å². The summed E-state index contributed by atoms with van der Waals surface area (Å²) in [5.41, 5.74) is 6.24. The highest BCUT2D eigenvalue weighted by atomic mass is 79.9. The third-order valence-electron chi connectivity index (χ3n) is 2.06. The maximum absolute atomic E-state index is 12.4. The van der Waals surface area contributed by atoms with Gasteiger partial charge in [0.05, 0.1) is 20.3 Å². The van der Waals surface area contributed by atoms with Crippen LogP contribution < -0.4 is 15.2 Å². The van der Waals surface area contributed by atoms with Crippen molar-refractivity contribution in [2.24, 2.45) is 5.73 Å². The van der Waals surface area contributed by atoms with E-state index < -0.39 is 12.7 Å². The Kier molecular flexibility index (Phi) is 6.71. The van der Waals surface area contributed by atoms with Crippen LogP contribution in [0.4, 0.5) is 4.39 Å². The number of hydrogen-bond donors (Lipinski definition) is 1. The summed E-state index contributed by atoms with van der Waals surface area (Å²) in [6.45, 7) is -0.617. The molecule has 0 heterocycles. The highest BCUT2D eigenvalue weighted by molar-refractivity contribution is 9.10. The number of benzene rings is 1. The molecule has 0 aliphatic heterocycles. The van der Waals surface area contributed by atoms with Gasteiger partial charge in [-0.3, -0.25) is 0 Å². The lowest BCUT2D eigenvalue weighted by Gasteiger charge is -2.14. The quantitative estimate of drug-likeness (QED) is 0.929. The first-order valence-electron chi connectivity index (χ1n) is 4.37. The maximum atomic E-state index is 12.4. The van der Waals surface area contributed by atoms with Crippen LogP contribution in [0, 0.1) is 0 Å². The van der Waals surface area contributed by atoms with Crippen molar-refractivity contribution in [3.8, 4) is 11.5 Å². The van der Waals surface area contributed by atoms with E-state index in [9.17, 15) is 4.39 Å². The zero-order chi connectivity index (χ0) is 11.4. The molecule has 1 atom stereocenters. The minimum Gasteiger partial charge on any atom is -0.495 e. The Bertz CT molecular complexity index is 327. The molecular weight excluding hydrogens is 300 g/mol. The monoisotopic (exact) mass is 313 g/mol.